The van der Waals surface area contributed by atoms with E-state index in [9.17, 15) is 4.79 Å². The Kier molecular flexibility index (Phi) is 4.85. The minimum absolute atomic E-state index is 0.149. The number of hydrogen-bond acceptors (Lipinski definition) is 4. The Morgan fingerprint density at radius 1 is 1.21 bits per heavy atom. The molecule has 4 heteroatoms. The van der Waals surface area contributed by atoms with Crippen molar-refractivity contribution in [3.63, 3.8) is 0 Å². The average molecular weight is 268 g/mol. The van der Waals surface area contributed by atoms with E-state index in [0.717, 1.165) is 0 Å². The summed E-state index contributed by atoms with van der Waals surface area (Å²) < 4.78 is 4.82. The van der Waals surface area contributed by atoms with Gasteiger partial charge in [0.25, 0.3) is 0 Å². The summed E-state index contributed by atoms with van der Waals surface area (Å²) in [6, 6.07) is 0.920. The number of fused-ring (bicyclic) bond motifs is 2. The molecule has 4 nitrogen and oxygen atoms in total. The average Bonchev–Trinajstić information content (AvgIpc) is 2.36. The molecule has 1 saturated carbocycles. The van der Waals surface area contributed by atoms with Gasteiger partial charge in [0.15, 0.2) is 0 Å². The fraction of sp³-hybridized carbons (Fsp3) is 0.933. The Morgan fingerprint density at radius 3 is 2.26 bits per heavy atom. The summed E-state index contributed by atoms with van der Waals surface area (Å²) in [5.74, 6) is 1.22. The predicted molar refractivity (Wildman–Crippen MR) is 75.9 cm³/mol. The summed E-state index contributed by atoms with van der Waals surface area (Å²) in [5, 5.41) is 3.53. The van der Waals surface area contributed by atoms with E-state index in [-0.39, 0.29) is 12.0 Å². The zero-order valence-corrected chi connectivity index (χ0v) is 12.7. The van der Waals surface area contributed by atoms with Crippen LogP contribution in [-0.4, -0.2) is 49.2 Å². The standard InChI is InChI=1S/C15H28N2O2/c1-10(2)17-8-12-6-5-7-13(9-17)14(12)16-11(3)15(18)19-4/h10-14,16H,5-9H2,1-4H3/t11-,12?,13?,14?/m0/s1. The van der Waals surface area contributed by atoms with Crippen LogP contribution in [0.15, 0.2) is 0 Å². The van der Waals surface area contributed by atoms with Gasteiger partial charge in [0.1, 0.15) is 6.04 Å². The van der Waals surface area contributed by atoms with E-state index in [0.29, 0.717) is 23.9 Å². The molecule has 110 valence electrons. The van der Waals surface area contributed by atoms with Crippen molar-refractivity contribution in [2.75, 3.05) is 20.2 Å². The van der Waals surface area contributed by atoms with Crippen LogP contribution in [0.2, 0.25) is 0 Å². The summed E-state index contributed by atoms with van der Waals surface area (Å²) in [5.41, 5.74) is 0. The van der Waals surface area contributed by atoms with Crippen molar-refractivity contribution in [2.24, 2.45) is 11.8 Å². The van der Waals surface area contributed by atoms with Gasteiger partial charge in [-0.05, 0) is 45.4 Å². The largest absolute Gasteiger partial charge is 0.468 e. The van der Waals surface area contributed by atoms with Crippen LogP contribution in [0.3, 0.4) is 0 Å². The van der Waals surface area contributed by atoms with E-state index in [4.69, 9.17) is 4.74 Å². The lowest BCUT2D eigenvalue weighted by Crippen LogP contribution is -2.60. The van der Waals surface area contributed by atoms with E-state index in [1.165, 1.54) is 39.5 Å². The lowest BCUT2D eigenvalue weighted by molar-refractivity contribution is -0.143. The fourth-order valence-corrected chi connectivity index (χ4v) is 3.70. The number of hydrogen-bond donors (Lipinski definition) is 1. The molecule has 2 bridgehead atoms. The van der Waals surface area contributed by atoms with Gasteiger partial charge in [-0.2, -0.15) is 0 Å². The maximum Gasteiger partial charge on any atom is 0.322 e. The molecular weight excluding hydrogens is 240 g/mol. The van der Waals surface area contributed by atoms with Crippen LogP contribution in [0.1, 0.15) is 40.0 Å². The first-order valence-electron chi connectivity index (χ1n) is 7.60. The second kappa shape index (κ2) is 6.23. The van der Waals surface area contributed by atoms with Gasteiger partial charge in [0, 0.05) is 25.2 Å². The molecule has 2 fully saturated rings. The number of piperidine rings is 1. The summed E-state index contributed by atoms with van der Waals surface area (Å²) in [6.45, 7) is 8.80. The van der Waals surface area contributed by atoms with E-state index < -0.39 is 0 Å². The van der Waals surface area contributed by atoms with Crippen molar-refractivity contribution in [1.82, 2.24) is 10.2 Å². The molecule has 1 N–H and O–H groups in total. The number of rotatable bonds is 4. The summed E-state index contributed by atoms with van der Waals surface area (Å²) in [7, 11) is 1.46. The molecule has 1 aliphatic carbocycles. The normalized spacial score (nSPS) is 33.2. The molecule has 2 aliphatic rings. The number of nitrogens with one attached hydrogen (secondary N) is 1. The minimum Gasteiger partial charge on any atom is -0.468 e. The maximum atomic E-state index is 11.6. The van der Waals surface area contributed by atoms with E-state index in [1.807, 2.05) is 6.92 Å². The predicted octanol–water partition coefficient (Wildman–Crippen LogP) is 1.65. The molecule has 0 aromatic heterocycles. The number of carbonyl (C=O) groups is 1. The molecule has 0 aromatic carbocycles. The van der Waals surface area contributed by atoms with Gasteiger partial charge >= 0.3 is 5.97 Å². The number of esters is 1. The highest BCUT2D eigenvalue weighted by Crippen LogP contribution is 2.35. The van der Waals surface area contributed by atoms with Crippen molar-refractivity contribution in [1.29, 1.82) is 0 Å². The molecule has 0 spiro atoms. The van der Waals surface area contributed by atoms with Crippen molar-refractivity contribution < 1.29 is 9.53 Å². The molecule has 0 amide bonds. The quantitative estimate of drug-likeness (QED) is 0.787. The summed E-state index contributed by atoms with van der Waals surface area (Å²) in [6.07, 6.45) is 3.91. The van der Waals surface area contributed by atoms with Gasteiger partial charge in [-0.3, -0.25) is 4.79 Å². The molecule has 2 unspecified atom stereocenters. The van der Waals surface area contributed by atoms with Crippen LogP contribution in [-0.2, 0) is 9.53 Å². The van der Waals surface area contributed by atoms with Crippen LogP contribution in [0.25, 0.3) is 0 Å². The number of likely N-dealkylation sites (tertiary alicyclic amines) is 1. The minimum atomic E-state index is -0.191. The Labute approximate surface area is 116 Å². The van der Waals surface area contributed by atoms with Crippen LogP contribution in [0.5, 0.6) is 0 Å². The van der Waals surface area contributed by atoms with Crippen LogP contribution >= 0.6 is 0 Å². The smallest absolute Gasteiger partial charge is 0.322 e. The van der Waals surface area contributed by atoms with Gasteiger partial charge in [-0.15, -0.1) is 0 Å². The van der Waals surface area contributed by atoms with Crippen molar-refractivity contribution in [2.45, 2.75) is 58.2 Å². The number of methoxy groups -OCH3 is 1. The van der Waals surface area contributed by atoms with Gasteiger partial charge in [-0.1, -0.05) is 6.42 Å². The summed E-state index contributed by atoms with van der Waals surface area (Å²) >= 11 is 0. The number of nitrogens with zero attached hydrogens (tertiary/aromatic N) is 1. The van der Waals surface area contributed by atoms with E-state index in [1.54, 1.807) is 0 Å². The van der Waals surface area contributed by atoms with Crippen molar-refractivity contribution in [3.8, 4) is 0 Å². The van der Waals surface area contributed by atoms with Gasteiger partial charge < -0.3 is 15.0 Å². The monoisotopic (exact) mass is 268 g/mol. The molecule has 1 aliphatic heterocycles. The zero-order valence-electron chi connectivity index (χ0n) is 12.7. The van der Waals surface area contributed by atoms with E-state index >= 15 is 0 Å². The topological polar surface area (TPSA) is 41.6 Å². The third-order valence-corrected chi connectivity index (χ3v) is 4.83. The molecule has 0 aromatic rings. The van der Waals surface area contributed by atoms with Crippen LogP contribution in [0, 0.1) is 11.8 Å². The van der Waals surface area contributed by atoms with Crippen molar-refractivity contribution >= 4 is 5.97 Å². The highest BCUT2D eigenvalue weighted by Gasteiger charge is 2.40. The fourth-order valence-electron chi connectivity index (χ4n) is 3.70. The molecule has 1 heterocycles. The first kappa shape index (κ1) is 14.8. The summed E-state index contributed by atoms with van der Waals surface area (Å²) in [4.78, 5) is 14.2. The molecule has 19 heavy (non-hydrogen) atoms. The SMILES string of the molecule is COC(=O)[C@H](C)NC1C2CCCC1CN(C(C)C)C2. The van der Waals surface area contributed by atoms with Gasteiger partial charge in [-0.25, -0.2) is 0 Å². The Morgan fingerprint density at radius 2 is 1.79 bits per heavy atom. The van der Waals surface area contributed by atoms with E-state index in [2.05, 4.69) is 24.1 Å². The van der Waals surface area contributed by atoms with Crippen molar-refractivity contribution in [3.05, 3.63) is 0 Å². The Hall–Kier alpha value is -0.610. The lowest BCUT2D eigenvalue weighted by atomic mass is 9.73. The molecule has 0 radical (unpaired) electrons. The molecule has 3 atom stereocenters. The van der Waals surface area contributed by atoms with Crippen LogP contribution in [0.4, 0.5) is 0 Å². The first-order valence-corrected chi connectivity index (χ1v) is 7.60. The Balaban J connectivity index is 2.00. The molecule has 2 rings (SSSR count). The first-order chi connectivity index (χ1) is 9.02. The van der Waals surface area contributed by atoms with Gasteiger partial charge in [0.05, 0.1) is 7.11 Å². The second-order valence-corrected chi connectivity index (χ2v) is 6.44. The lowest BCUT2D eigenvalue weighted by Gasteiger charge is -2.49. The van der Waals surface area contributed by atoms with Crippen LogP contribution < -0.4 is 5.32 Å². The second-order valence-electron chi connectivity index (χ2n) is 6.44. The Bertz CT molecular complexity index is 305. The number of carbonyl (C=O) groups excluding carboxylic acids is 1. The molecule has 1 saturated heterocycles. The van der Waals surface area contributed by atoms with Gasteiger partial charge in [0.2, 0.25) is 0 Å². The third-order valence-electron chi connectivity index (χ3n) is 4.83. The maximum absolute atomic E-state index is 11.6. The molecular formula is C15H28N2O2. The number of ether oxygens (including phenoxy) is 1. The highest BCUT2D eigenvalue weighted by atomic mass is 16.5. The third kappa shape index (κ3) is 3.29. The zero-order chi connectivity index (χ0) is 14.0. The highest BCUT2D eigenvalue weighted by molar-refractivity contribution is 5.75.